The molecule has 394 valence electrons. The van der Waals surface area contributed by atoms with Crippen LogP contribution in [0.3, 0.4) is 0 Å². The Bertz CT molecular complexity index is 1650. The van der Waals surface area contributed by atoms with Gasteiger partial charge in [0, 0.05) is 19.5 Å². The third-order valence-corrected chi connectivity index (χ3v) is 11.4. The third-order valence-electron chi connectivity index (χ3n) is 11.4. The topological polar surface area (TPSA) is 140 Å². The summed E-state index contributed by atoms with van der Waals surface area (Å²) in [6.07, 6.45) is 10.1. The number of likely N-dealkylation sites (N-methyl/N-ethyl adjacent to an activating group) is 1. The van der Waals surface area contributed by atoms with Gasteiger partial charge in [-0.25, -0.2) is 4.79 Å². The van der Waals surface area contributed by atoms with E-state index in [0.717, 1.165) is 12.2 Å². The molecule has 0 bridgehead atoms. The molecule has 0 fully saturated rings. The smallest absolute Gasteiger partial charge is 0.409 e. The van der Waals surface area contributed by atoms with Gasteiger partial charge in [-0.2, -0.15) is 0 Å². The molecule has 15 nitrogen and oxygen atoms in total. The van der Waals surface area contributed by atoms with Crippen molar-refractivity contribution >= 4 is 6.09 Å². The molecule has 0 saturated heterocycles. The quantitative estimate of drug-likeness (QED) is 0.0500. The molecule has 0 saturated carbocycles. The Kier molecular flexibility index (Phi) is 34.3. The maximum Gasteiger partial charge on any atom is 0.409 e. The summed E-state index contributed by atoms with van der Waals surface area (Å²) in [5.41, 5.74) is 6.17. The van der Waals surface area contributed by atoms with E-state index in [1.807, 2.05) is 24.3 Å². The number of carbonyl (C=O) groups is 1. The minimum Gasteiger partial charge on any atom is -0.491 e. The van der Waals surface area contributed by atoms with Crippen LogP contribution in [0.1, 0.15) is 74.5 Å². The van der Waals surface area contributed by atoms with Gasteiger partial charge in [-0.1, -0.05) is 106 Å². The van der Waals surface area contributed by atoms with Gasteiger partial charge in [0.25, 0.3) is 0 Å². The van der Waals surface area contributed by atoms with Crippen molar-refractivity contribution in [3.8, 4) is 16.9 Å². The Labute approximate surface area is 418 Å². The van der Waals surface area contributed by atoms with Gasteiger partial charge in [-0.3, -0.25) is 0 Å². The molecule has 4 rings (SSSR count). The molecule has 0 heterocycles. The van der Waals surface area contributed by atoms with Crippen LogP contribution in [0, 0.1) is 0 Å². The first-order valence-corrected chi connectivity index (χ1v) is 25.8. The summed E-state index contributed by atoms with van der Waals surface area (Å²) in [5, 5.41) is 0. The van der Waals surface area contributed by atoms with Crippen molar-refractivity contribution < 1.29 is 66.4 Å². The van der Waals surface area contributed by atoms with Crippen LogP contribution in [-0.2, 0) is 63.3 Å². The van der Waals surface area contributed by atoms with E-state index >= 15 is 0 Å². The highest BCUT2D eigenvalue weighted by molar-refractivity contribution is 5.79. The number of benzene rings is 3. The molecule has 0 radical (unpaired) electrons. The molecule has 1 aliphatic rings. The number of rotatable bonds is 47. The van der Waals surface area contributed by atoms with Crippen molar-refractivity contribution in [1.82, 2.24) is 4.90 Å². The summed E-state index contributed by atoms with van der Waals surface area (Å²) in [6.45, 7) is 14.2. The molecule has 0 spiro atoms. The average molecular weight is 984 g/mol. The molecule has 1 aliphatic carbocycles. The highest BCUT2D eigenvalue weighted by atomic mass is 16.6. The Morgan fingerprint density at radius 2 is 0.786 bits per heavy atom. The number of hydrogen-bond acceptors (Lipinski definition) is 14. The molecule has 0 N–H and O–H groups in total. The van der Waals surface area contributed by atoms with Crippen molar-refractivity contribution in [3.63, 3.8) is 0 Å². The second kappa shape index (κ2) is 40.8. The molecule has 70 heavy (non-hydrogen) atoms. The lowest BCUT2D eigenvalue weighted by Crippen LogP contribution is -2.32. The fourth-order valence-electron chi connectivity index (χ4n) is 7.56. The summed E-state index contributed by atoms with van der Waals surface area (Å²) in [5.74, 6) is 0.917. The largest absolute Gasteiger partial charge is 0.491 e. The SMILES string of the molecule is CCCCCCCCCc1ccc(OCCOCCOCCOCCOCCOCCOCCOCCOCCOCCOCCOCCN(C)C(=O)OCC2c3ccccc3-c3ccccc32)cc1. The fraction of sp³-hybridized carbons (Fsp3) is 0.655. The Morgan fingerprint density at radius 1 is 0.429 bits per heavy atom. The van der Waals surface area contributed by atoms with Gasteiger partial charge < -0.3 is 66.5 Å². The molecule has 15 heteroatoms. The molecule has 0 aliphatic heterocycles. The first-order valence-electron chi connectivity index (χ1n) is 25.8. The number of unbranched alkanes of at least 4 members (excludes halogenated alkanes) is 6. The van der Waals surface area contributed by atoms with Gasteiger partial charge in [0.15, 0.2) is 0 Å². The fourth-order valence-corrected chi connectivity index (χ4v) is 7.56. The Morgan fingerprint density at radius 3 is 1.20 bits per heavy atom. The van der Waals surface area contributed by atoms with Crippen LogP contribution in [0.25, 0.3) is 11.1 Å². The van der Waals surface area contributed by atoms with E-state index in [4.69, 9.17) is 61.6 Å². The Hall–Kier alpha value is -3.71. The highest BCUT2D eigenvalue weighted by Gasteiger charge is 2.29. The van der Waals surface area contributed by atoms with Crippen LogP contribution >= 0.6 is 0 Å². The number of aryl methyl sites for hydroxylation is 1. The van der Waals surface area contributed by atoms with Crippen LogP contribution in [0.5, 0.6) is 5.75 Å². The number of fused-ring (bicyclic) bond motifs is 3. The van der Waals surface area contributed by atoms with E-state index in [-0.39, 0.29) is 12.0 Å². The maximum absolute atomic E-state index is 12.6. The van der Waals surface area contributed by atoms with Crippen molar-refractivity contribution in [2.45, 2.75) is 64.2 Å². The minimum atomic E-state index is -0.365. The summed E-state index contributed by atoms with van der Waals surface area (Å²) in [7, 11) is 1.72. The van der Waals surface area contributed by atoms with Crippen LogP contribution in [0.4, 0.5) is 4.79 Å². The normalized spacial score (nSPS) is 12.1. The van der Waals surface area contributed by atoms with E-state index < -0.39 is 0 Å². The Balaban J connectivity index is 0.767. The van der Waals surface area contributed by atoms with Crippen LogP contribution in [0.15, 0.2) is 72.8 Å². The monoisotopic (exact) mass is 984 g/mol. The lowest BCUT2D eigenvalue weighted by molar-refractivity contribution is -0.0278. The molecule has 1 amide bonds. The predicted octanol–water partition coefficient (Wildman–Crippen LogP) is 8.42. The number of nitrogens with zero attached hydrogens (tertiary/aromatic N) is 1. The zero-order chi connectivity index (χ0) is 49.2. The summed E-state index contributed by atoms with van der Waals surface area (Å²) >= 11 is 0. The second-order valence-corrected chi connectivity index (χ2v) is 16.8. The van der Waals surface area contributed by atoms with Crippen LogP contribution in [0.2, 0.25) is 0 Å². The molecule has 3 aromatic carbocycles. The molecular formula is C55H85NO14. The zero-order valence-electron chi connectivity index (χ0n) is 42.5. The molecule has 0 atom stereocenters. The zero-order valence-corrected chi connectivity index (χ0v) is 42.5. The van der Waals surface area contributed by atoms with E-state index in [1.54, 1.807) is 7.05 Å². The van der Waals surface area contributed by atoms with Crippen molar-refractivity contribution in [1.29, 1.82) is 0 Å². The molecule has 0 unspecified atom stereocenters. The van der Waals surface area contributed by atoms with Gasteiger partial charge in [0.2, 0.25) is 0 Å². The number of hydrogen-bond donors (Lipinski definition) is 0. The number of amides is 1. The van der Waals surface area contributed by atoms with Crippen molar-refractivity contribution in [2.24, 2.45) is 0 Å². The first-order chi connectivity index (χ1) is 34.7. The lowest BCUT2D eigenvalue weighted by atomic mass is 9.98. The standard InChI is InChI=1S/C55H85NO14/c1-3-4-5-6-7-8-9-14-48-19-21-49(22-20-48)69-46-45-68-44-43-67-42-41-66-40-39-65-38-37-64-36-35-63-34-33-62-32-31-61-30-29-60-28-27-59-26-25-58-24-23-56(2)55(57)70-47-54-52-17-12-10-15-50(52)51-16-11-13-18-53(51)54/h10-13,15-22,54H,3-9,14,23-47H2,1-2H3. The molecular weight excluding hydrogens is 899 g/mol. The number of carbonyl (C=O) groups excluding carboxylic acids is 1. The van der Waals surface area contributed by atoms with Crippen molar-refractivity contribution in [2.75, 3.05) is 172 Å². The number of ether oxygens (including phenoxy) is 13. The highest BCUT2D eigenvalue weighted by Crippen LogP contribution is 2.44. The minimum absolute atomic E-state index is 0.0354. The maximum atomic E-state index is 12.6. The van der Waals surface area contributed by atoms with E-state index in [9.17, 15) is 4.79 Å². The average Bonchev–Trinajstić information content (AvgIpc) is 3.71. The van der Waals surface area contributed by atoms with Gasteiger partial charge >= 0.3 is 6.09 Å². The molecule has 0 aromatic heterocycles. The van der Waals surface area contributed by atoms with E-state index in [1.165, 1.54) is 77.7 Å². The van der Waals surface area contributed by atoms with Gasteiger partial charge in [-0.05, 0) is 52.8 Å². The van der Waals surface area contributed by atoms with Crippen LogP contribution in [-0.4, -0.2) is 183 Å². The summed E-state index contributed by atoms with van der Waals surface area (Å²) in [6, 6.07) is 25.0. The van der Waals surface area contributed by atoms with E-state index in [2.05, 4.69) is 55.5 Å². The van der Waals surface area contributed by atoms with Crippen molar-refractivity contribution in [3.05, 3.63) is 89.5 Å². The predicted molar refractivity (Wildman–Crippen MR) is 270 cm³/mol. The third kappa shape index (κ3) is 27.2. The second-order valence-electron chi connectivity index (χ2n) is 16.8. The van der Waals surface area contributed by atoms with E-state index in [0.29, 0.717) is 165 Å². The summed E-state index contributed by atoms with van der Waals surface area (Å²) in [4.78, 5) is 14.2. The van der Waals surface area contributed by atoms with Gasteiger partial charge in [0.05, 0.1) is 145 Å². The molecule has 3 aromatic rings. The van der Waals surface area contributed by atoms with Crippen LogP contribution < -0.4 is 4.74 Å². The van der Waals surface area contributed by atoms with Gasteiger partial charge in [0.1, 0.15) is 19.0 Å². The lowest BCUT2D eigenvalue weighted by Gasteiger charge is -2.19. The first kappa shape index (κ1) is 58.9. The summed E-state index contributed by atoms with van der Waals surface area (Å²) < 4.78 is 72.7. The van der Waals surface area contributed by atoms with Gasteiger partial charge in [-0.15, -0.1) is 0 Å².